The van der Waals surface area contributed by atoms with Crippen molar-refractivity contribution in [3.63, 3.8) is 0 Å². The number of carbonyl (C=O) groups is 3. The lowest BCUT2D eigenvalue weighted by molar-refractivity contribution is -0.124. The molecule has 1 unspecified atom stereocenters. The zero-order valence-corrected chi connectivity index (χ0v) is 16.8. The van der Waals surface area contributed by atoms with Gasteiger partial charge in [-0.15, -0.1) is 11.3 Å². The molecule has 10 nitrogen and oxygen atoms in total. The molecule has 29 heavy (non-hydrogen) atoms. The highest BCUT2D eigenvalue weighted by atomic mass is 35.5. The van der Waals surface area contributed by atoms with Crippen molar-refractivity contribution in [2.45, 2.75) is 12.1 Å². The van der Waals surface area contributed by atoms with Crippen molar-refractivity contribution in [3.05, 3.63) is 57.5 Å². The number of carbonyl (C=O) groups excluding carboxylic acids is 3. The van der Waals surface area contributed by atoms with Crippen molar-refractivity contribution >= 4 is 40.8 Å². The Morgan fingerprint density at radius 2 is 2.21 bits per heavy atom. The molecular weight excluding hydrogens is 418 g/mol. The van der Waals surface area contributed by atoms with E-state index < -0.39 is 17.5 Å². The fraction of sp³-hybridized carbons (Fsp3) is 0.235. The fourth-order valence-corrected chi connectivity index (χ4v) is 4.17. The van der Waals surface area contributed by atoms with Gasteiger partial charge in [-0.25, -0.2) is 9.78 Å². The summed E-state index contributed by atoms with van der Waals surface area (Å²) in [7, 11) is 1.71. The number of imidazole rings is 1. The lowest BCUT2D eigenvalue weighted by Crippen LogP contribution is -2.54. The van der Waals surface area contributed by atoms with Gasteiger partial charge in [-0.05, 0) is 12.1 Å². The van der Waals surface area contributed by atoms with Crippen LogP contribution in [0.5, 0.6) is 0 Å². The minimum absolute atomic E-state index is 0.143. The van der Waals surface area contributed by atoms with Gasteiger partial charge in [-0.1, -0.05) is 11.6 Å². The van der Waals surface area contributed by atoms with E-state index in [1.807, 2.05) is 6.07 Å². The van der Waals surface area contributed by atoms with Crippen LogP contribution in [0.4, 0.5) is 4.79 Å². The summed E-state index contributed by atoms with van der Waals surface area (Å²) in [5.74, 6) is -0.606. The Hall–Kier alpha value is -3.18. The smallest absolute Gasteiger partial charge is 0.322 e. The SMILES string of the molecule is Cn1ccnc1C1(CNC(=O)c2ccc(Cn3cc(Cl)cn3)s2)NC(=O)NC1=O. The third-order valence-corrected chi connectivity index (χ3v) is 5.73. The zero-order valence-electron chi connectivity index (χ0n) is 15.2. The van der Waals surface area contributed by atoms with Crippen LogP contribution in [0.15, 0.2) is 36.9 Å². The number of urea groups is 1. The predicted molar refractivity (Wildman–Crippen MR) is 105 cm³/mol. The summed E-state index contributed by atoms with van der Waals surface area (Å²) in [5.41, 5.74) is -1.48. The summed E-state index contributed by atoms with van der Waals surface area (Å²) in [6, 6.07) is 2.89. The molecule has 4 rings (SSSR count). The third kappa shape index (κ3) is 3.61. The van der Waals surface area contributed by atoms with E-state index in [0.29, 0.717) is 22.3 Å². The molecule has 0 bridgehead atoms. The quantitative estimate of drug-likeness (QED) is 0.497. The van der Waals surface area contributed by atoms with E-state index in [0.717, 1.165) is 4.88 Å². The van der Waals surface area contributed by atoms with Crippen LogP contribution in [0.2, 0.25) is 5.02 Å². The molecule has 0 spiro atoms. The maximum atomic E-state index is 12.6. The summed E-state index contributed by atoms with van der Waals surface area (Å²) >= 11 is 7.16. The van der Waals surface area contributed by atoms with E-state index in [2.05, 4.69) is 26.0 Å². The Kier molecular flexibility index (Phi) is 4.84. The molecule has 1 fully saturated rings. The summed E-state index contributed by atoms with van der Waals surface area (Å²) in [5, 5.41) is 12.2. The number of hydrogen-bond donors (Lipinski definition) is 3. The van der Waals surface area contributed by atoms with Crippen LogP contribution in [0.1, 0.15) is 20.4 Å². The molecule has 4 heterocycles. The molecule has 1 aliphatic rings. The van der Waals surface area contributed by atoms with Crippen LogP contribution in [-0.2, 0) is 23.9 Å². The molecule has 1 aliphatic heterocycles. The Morgan fingerprint density at radius 3 is 2.83 bits per heavy atom. The highest BCUT2D eigenvalue weighted by Crippen LogP contribution is 2.23. The van der Waals surface area contributed by atoms with Gasteiger partial charge in [0.2, 0.25) is 0 Å². The molecule has 0 aliphatic carbocycles. The number of aromatic nitrogens is 4. The first-order valence-electron chi connectivity index (χ1n) is 8.54. The number of halogens is 1. The molecule has 4 amide bonds. The first-order valence-corrected chi connectivity index (χ1v) is 9.73. The van der Waals surface area contributed by atoms with Crippen LogP contribution in [-0.4, -0.2) is 43.7 Å². The molecule has 1 atom stereocenters. The molecule has 12 heteroatoms. The highest BCUT2D eigenvalue weighted by Gasteiger charge is 2.50. The lowest BCUT2D eigenvalue weighted by Gasteiger charge is -2.25. The Bertz CT molecular complexity index is 1100. The highest BCUT2D eigenvalue weighted by molar-refractivity contribution is 7.14. The number of aryl methyl sites for hydroxylation is 1. The van der Waals surface area contributed by atoms with Crippen molar-refractivity contribution in [2.75, 3.05) is 6.54 Å². The third-order valence-electron chi connectivity index (χ3n) is 4.46. The number of thiophene rings is 1. The molecule has 3 N–H and O–H groups in total. The summed E-state index contributed by atoms with van der Waals surface area (Å²) in [6.45, 7) is 0.344. The van der Waals surface area contributed by atoms with Crippen LogP contribution >= 0.6 is 22.9 Å². The van der Waals surface area contributed by atoms with Crippen molar-refractivity contribution in [1.29, 1.82) is 0 Å². The standard InChI is InChI=1S/C17H16ClN7O3S/c1-24-5-4-19-14(24)17(15(27)22-16(28)23-17)9-20-13(26)12-3-2-11(29-12)8-25-7-10(18)6-21-25/h2-7H,8-9H2,1H3,(H,20,26)(H2,22,23,27,28). The molecule has 0 aromatic carbocycles. The van der Waals surface area contributed by atoms with Gasteiger partial charge in [0, 0.05) is 30.5 Å². The lowest BCUT2D eigenvalue weighted by atomic mass is 9.98. The van der Waals surface area contributed by atoms with Gasteiger partial charge in [0.15, 0.2) is 5.54 Å². The van der Waals surface area contributed by atoms with Gasteiger partial charge in [-0.2, -0.15) is 5.10 Å². The second-order valence-electron chi connectivity index (χ2n) is 6.48. The number of nitrogens with one attached hydrogen (secondary N) is 3. The van der Waals surface area contributed by atoms with E-state index in [1.54, 1.807) is 41.0 Å². The first kappa shape index (κ1) is 19.2. The molecule has 150 valence electrons. The number of hydrogen-bond acceptors (Lipinski definition) is 6. The number of rotatable bonds is 6. The van der Waals surface area contributed by atoms with E-state index >= 15 is 0 Å². The van der Waals surface area contributed by atoms with E-state index in [9.17, 15) is 14.4 Å². The Balaban J connectivity index is 1.48. The molecular formula is C17H16ClN7O3S. The van der Waals surface area contributed by atoms with E-state index in [-0.39, 0.29) is 12.5 Å². The van der Waals surface area contributed by atoms with Crippen molar-refractivity contribution in [1.82, 2.24) is 35.3 Å². The average Bonchev–Trinajstić information content (AvgIpc) is 3.44. The molecule has 3 aromatic heterocycles. The van der Waals surface area contributed by atoms with Crippen molar-refractivity contribution < 1.29 is 14.4 Å². The summed E-state index contributed by atoms with van der Waals surface area (Å²) in [6.07, 6.45) is 6.41. The molecule has 0 saturated carbocycles. The maximum absolute atomic E-state index is 12.6. The fourth-order valence-electron chi connectivity index (χ4n) is 3.10. The van der Waals surface area contributed by atoms with Crippen LogP contribution in [0.3, 0.4) is 0 Å². The largest absolute Gasteiger partial charge is 0.348 e. The van der Waals surface area contributed by atoms with Crippen LogP contribution in [0, 0.1) is 0 Å². The van der Waals surface area contributed by atoms with Gasteiger partial charge in [0.25, 0.3) is 11.8 Å². The van der Waals surface area contributed by atoms with Crippen LogP contribution < -0.4 is 16.0 Å². The van der Waals surface area contributed by atoms with Gasteiger partial charge < -0.3 is 15.2 Å². The Labute approximate surface area is 173 Å². The van der Waals surface area contributed by atoms with E-state index in [1.165, 1.54) is 17.5 Å². The summed E-state index contributed by atoms with van der Waals surface area (Å²) in [4.78, 5) is 42.5. The maximum Gasteiger partial charge on any atom is 0.322 e. The van der Waals surface area contributed by atoms with Crippen molar-refractivity contribution in [2.24, 2.45) is 7.05 Å². The second-order valence-corrected chi connectivity index (χ2v) is 8.08. The Morgan fingerprint density at radius 1 is 1.38 bits per heavy atom. The van der Waals surface area contributed by atoms with Gasteiger partial charge in [0.05, 0.1) is 29.2 Å². The number of nitrogens with zero attached hydrogens (tertiary/aromatic N) is 4. The van der Waals surface area contributed by atoms with Gasteiger partial charge >= 0.3 is 6.03 Å². The molecule has 3 aromatic rings. The number of imide groups is 1. The minimum atomic E-state index is -1.48. The van der Waals surface area contributed by atoms with Gasteiger partial charge in [-0.3, -0.25) is 19.6 Å². The minimum Gasteiger partial charge on any atom is -0.348 e. The predicted octanol–water partition coefficient (Wildman–Crippen LogP) is 0.844. The summed E-state index contributed by atoms with van der Waals surface area (Å²) < 4.78 is 3.29. The van der Waals surface area contributed by atoms with Crippen molar-refractivity contribution in [3.8, 4) is 0 Å². The average molecular weight is 434 g/mol. The van der Waals surface area contributed by atoms with E-state index in [4.69, 9.17) is 11.6 Å². The topological polar surface area (TPSA) is 123 Å². The zero-order chi connectivity index (χ0) is 20.6. The second kappa shape index (κ2) is 7.33. The molecule has 0 radical (unpaired) electrons. The number of amides is 4. The first-order chi connectivity index (χ1) is 13.9. The normalized spacial score (nSPS) is 18.6. The van der Waals surface area contributed by atoms with Crippen LogP contribution in [0.25, 0.3) is 0 Å². The van der Waals surface area contributed by atoms with Gasteiger partial charge in [0.1, 0.15) is 5.82 Å². The monoisotopic (exact) mass is 433 g/mol. The molecule has 1 saturated heterocycles.